The van der Waals surface area contributed by atoms with Crippen LogP contribution < -0.4 is 0 Å². The average molecular weight is 480 g/mol. The molecule has 3 rings (SSSR count). The van der Waals surface area contributed by atoms with E-state index in [9.17, 15) is 4.79 Å². The van der Waals surface area contributed by atoms with E-state index >= 15 is 0 Å². The van der Waals surface area contributed by atoms with Gasteiger partial charge in [-0.2, -0.15) is 0 Å². The number of rotatable bonds is 5. The Bertz CT molecular complexity index is 967. The Morgan fingerprint density at radius 2 is 2.26 bits per heavy atom. The lowest BCUT2D eigenvalue weighted by Crippen LogP contribution is -2.50. The Balaban J connectivity index is 1.89. The van der Waals surface area contributed by atoms with Crippen LogP contribution in [0.25, 0.3) is 4.85 Å². The van der Waals surface area contributed by atoms with Crippen molar-refractivity contribution < 1.29 is 14.3 Å². The van der Waals surface area contributed by atoms with Gasteiger partial charge in [-0.3, -0.25) is 9.88 Å². The molecule has 0 saturated carbocycles. The van der Waals surface area contributed by atoms with Gasteiger partial charge in [0.15, 0.2) is 0 Å². The highest BCUT2D eigenvalue weighted by Gasteiger charge is 2.46. The van der Waals surface area contributed by atoms with Crippen LogP contribution in [-0.2, 0) is 9.47 Å². The molecule has 0 spiro atoms. The van der Waals surface area contributed by atoms with E-state index in [4.69, 9.17) is 27.6 Å². The lowest BCUT2D eigenvalue weighted by atomic mass is 10.1. The van der Waals surface area contributed by atoms with Crippen molar-refractivity contribution in [2.75, 3.05) is 6.61 Å². The van der Waals surface area contributed by atoms with Crippen LogP contribution in [0.3, 0.4) is 0 Å². The fourth-order valence-electron chi connectivity index (χ4n) is 3.42. The van der Waals surface area contributed by atoms with Crippen molar-refractivity contribution in [1.82, 2.24) is 9.88 Å². The summed E-state index contributed by atoms with van der Waals surface area (Å²) in [6.07, 6.45) is 2.07. The zero-order chi connectivity index (χ0) is 22.8. The molecule has 2 heterocycles. The van der Waals surface area contributed by atoms with Gasteiger partial charge in [-0.05, 0) is 47.1 Å². The molecule has 0 bridgehead atoms. The third-order valence-corrected chi connectivity index (χ3v) is 7.32. The largest absolute Gasteiger partial charge is 0.444 e. The number of aromatic nitrogens is 1. The maximum Gasteiger partial charge on any atom is 0.412 e. The molecule has 31 heavy (non-hydrogen) atoms. The number of benzene rings is 1. The number of thiazole rings is 1. The van der Waals surface area contributed by atoms with Crippen molar-refractivity contribution in [3.05, 3.63) is 51.2 Å². The van der Waals surface area contributed by atoms with Crippen LogP contribution in [0.2, 0.25) is 5.02 Å². The summed E-state index contributed by atoms with van der Waals surface area (Å²) in [5.74, 6) is 0. The molecule has 2 aromatic rings. The molecule has 1 aromatic carbocycles. The summed E-state index contributed by atoms with van der Waals surface area (Å²) >= 11 is 9.32. The summed E-state index contributed by atoms with van der Waals surface area (Å²) in [7, 11) is 0. The first kappa shape index (κ1) is 23.9. The maximum absolute atomic E-state index is 13.0. The van der Waals surface area contributed by atoms with Crippen LogP contribution >= 0.6 is 34.7 Å². The van der Waals surface area contributed by atoms with E-state index < -0.39 is 17.4 Å². The standard InChI is InChI=1S/C22H26ClN3O3S2/c1-21(2,3)29-20(27)26-15(12-28-22(26,4)5)10-18(19-11-25-13-30-19)31-17-9-14(23)7-8-16(17)24-6/h7-9,11,13,15,18H,10,12H2,1-5H3/t15?,18-/m1/s1. The minimum Gasteiger partial charge on any atom is -0.444 e. The first-order valence-corrected chi connectivity index (χ1v) is 12.0. The molecule has 1 aromatic heterocycles. The average Bonchev–Trinajstić information content (AvgIpc) is 3.28. The van der Waals surface area contributed by atoms with Crippen LogP contribution in [0.15, 0.2) is 34.8 Å². The maximum atomic E-state index is 13.0. The Morgan fingerprint density at radius 3 is 2.87 bits per heavy atom. The minimum absolute atomic E-state index is 0.0288. The second-order valence-electron chi connectivity index (χ2n) is 8.73. The Hall–Kier alpha value is -1.79. The number of halogens is 1. The zero-order valence-corrected chi connectivity index (χ0v) is 20.6. The zero-order valence-electron chi connectivity index (χ0n) is 18.2. The molecule has 1 unspecified atom stereocenters. The number of hydrogen-bond donors (Lipinski definition) is 0. The summed E-state index contributed by atoms with van der Waals surface area (Å²) in [5, 5.41) is 0.553. The number of thioether (sulfide) groups is 1. The first-order chi connectivity index (χ1) is 14.5. The van der Waals surface area contributed by atoms with Crippen molar-refractivity contribution >= 4 is 46.5 Å². The molecular formula is C22H26ClN3O3S2. The Kier molecular flexibility index (Phi) is 7.21. The molecule has 1 amide bonds. The van der Waals surface area contributed by atoms with Crippen LogP contribution in [0.4, 0.5) is 10.5 Å². The minimum atomic E-state index is -0.770. The molecule has 1 aliphatic heterocycles. The predicted octanol–water partition coefficient (Wildman–Crippen LogP) is 6.94. The van der Waals surface area contributed by atoms with E-state index in [1.54, 1.807) is 45.6 Å². The van der Waals surface area contributed by atoms with Gasteiger partial charge in [0.05, 0.1) is 24.7 Å². The number of hydrogen-bond acceptors (Lipinski definition) is 6. The second-order valence-corrected chi connectivity index (χ2v) is 11.3. The van der Waals surface area contributed by atoms with Crippen molar-refractivity contribution in [3.63, 3.8) is 0 Å². The van der Waals surface area contributed by atoms with Gasteiger partial charge in [-0.25, -0.2) is 9.64 Å². The monoisotopic (exact) mass is 479 g/mol. The highest BCUT2D eigenvalue weighted by molar-refractivity contribution is 7.99. The van der Waals surface area contributed by atoms with E-state index in [1.165, 1.54) is 0 Å². The predicted molar refractivity (Wildman–Crippen MR) is 125 cm³/mol. The van der Waals surface area contributed by atoms with Crippen LogP contribution in [0, 0.1) is 6.57 Å². The molecule has 6 nitrogen and oxygen atoms in total. The summed E-state index contributed by atoms with van der Waals surface area (Å²) in [6.45, 7) is 17.2. The van der Waals surface area contributed by atoms with Gasteiger partial charge in [0.1, 0.15) is 11.3 Å². The van der Waals surface area contributed by atoms with Crippen molar-refractivity contribution in [3.8, 4) is 0 Å². The van der Waals surface area contributed by atoms with Crippen molar-refractivity contribution in [2.45, 2.75) is 68.6 Å². The Morgan fingerprint density at radius 1 is 1.52 bits per heavy atom. The molecule has 1 aliphatic rings. The van der Waals surface area contributed by atoms with Crippen LogP contribution in [-0.4, -0.2) is 40.0 Å². The number of carbonyl (C=O) groups excluding carboxylic acids is 1. The van der Waals surface area contributed by atoms with Gasteiger partial charge in [0, 0.05) is 26.2 Å². The summed E-state index contributed by atoms with van der Waals surface area (Å²) < 4.78 is 11.6. The van der Waals surface area contributed by atoms with E-state index in [1.807, 2.05) is 46.9 Å². The highest BCUT2D eigenvalue weighted by Crippen LogP contribution is 2.46. The molecular weight excluding hydrogens is 454 g/mol. The van der Waals surface area contributed by atoms with Gasteiger partial charge < -0.3 is 9.47 Å². The molecule has 1 fully saturated rings. The van der Waals surface area contributed by atoms with Gasteiger partial charge in [-0.15, -0.1) is 23.1 Å². The van der Waals surface area contributed by atoms with Gasteiger partial charge >= 0.3 is 6.09 Å². The van der Waals surface area contributed by atoms with Gasteiger partial charge in [0.2, 0.25) is 5.69 Å². The fourth-order valence-corrected chi connectivity index (χ4v) is 5.81. The molecule has 0 radical (unpaired) electrons. The van der Waals surface area contributed by atoms with E-state index in [0.29, 0.717) is 23.7 Å². The van der Waals surface area contributed by atoms with E-state index in [-0.39, 0.29) is 11.3 Å². The molecule has 166 valence electrons. The summed E-state index contributed by atoms with van der Waals surface area (Å²) in [5.41, 5.74) is 0.971. The van der Waals surface area contributed by atoms with Crippen molar-refractivity contribution in [2.24, 2.45) is 0 Å². The van der Waals surface area contributed by atoms with Crippen LogP contribution in [0.5, 0.6) is 0 Å². The second kappa shape index (κ2) is 9.37. The SMILES string of the molecule is [C-]#[N+]c1ccc(Cl)cc1S[C@H](CC1COC(C)(C)N1C(=O)OC(C)(C)C)c1cncs1. The summed E-state index contributed by atoms with van der Waals surface area (Å²) in [6, 6.07) is 5.09. The van der Waals surface area contributed by atoms with Crippen molar-refractivity contribution in [1.29, 1.82) is 0 Å². The molecule has 2 atom stereocenters. The molecule has 0 aliphatic carbocycles. The lowest BCUT2D eigenvalue weighted by Gasteiger charge is -2.36. The first-order valence-electron chi connectivity index (χ1n) is 9.88. The molecule has 9 heteroatoms. The number of nitrogens with zero attached hydrogens (tertiary/aromatic N) is 3. The molecule has 0 N–H and O–H groups in total. The quantitative estimate of drug-likeness (QED) is 0.343. The number of carbonyl (C=O) groups is 1. The Labute approximate surface area is 196 Å². The van der Waals surface area contributed by atoms with E-state index in [2.05, 4.69) is 9.83 Å². The summed E-state index contributed by atoms with van der Waals surface area (Å²) in [4.78, 5) is 24.4. The third-order valence-electron chi connectivity index (χ3n) is 4.73. The smallest absolute Gasteiger partial charge is 0.412 e. The van der Waals surface area contributed by atoms with Crippen LogP contribution in [0.1, 0.15) is 51.2 Å². The topological polar surface area (TPSA) is 56.0 Å². The van der Waals surface area contributed by atoms with Gasteiger partial charge in [-0.1, -0.05) is 23.7 Å². The highest BCUT2D eigenvalue weighted by atomic mass is 35.5. The normalized spacial score (nSPS) is 19.1. The number of amides is 1. The molecule has 1 saturated heterocycles. The fraction of sp³-hybridized carbons (Fsp3) is 0.500. The van der Waals surface area contributed by atoms with E-state index in [0.717, 1.165) is 9.77 Å². The van der Waals surface area contributed by atoms with Gasteiger partial charge in [0.25, 0.3) is 0 Å². The lowest BCUT2D eigenvalue weighted by molar-refractivity contribution is -0.0626. The number of ether oxygens (including phenoxy) is 2. The third kappa shape index (κ3) is 5.92.